The fraction of sp³-hybridized carbons (Fsp3) is 0.357. The standard InChI is InChI=1S/C28H34N6O4S/c1-16-7-5-9-21(17(16)2)34(28(37)25-22(29)23(26(30)35)32-39-25)24(18-10-12-19(13-11-18)33(3)4)27(36)31-15-20-8-6-14-38-20/h5,7,9-13,20,24H,6,8,14-15,29H2,1-4H3,(H2,30,35)(H,31,36)/t20-,24+/m1/s1. The van der Waals surface area contributed by atoms with E-state index in [1.54, 1.807) is 6.07 Å². The van der Waals surface area contributed by atoms with E-state index in [1.807, 2.05) is 69.2 Å². The van der Waals surface area contributed by atoms with Crippen LogP contribution in [-0.4, -0.2) is 55.4 Å². The molecule has 0 radical (unpaired) electrons. The highest BCUT2D eigenvalue weighted by Crippen LogP contribution is 2.36. The molecule has 0 bridgehead atoms. The third-order valence-electron chi connectivity index (χ3n) is 6.97. The molecule has 3 amide bonds. The highest BCUT2D eigenvalue weighted by molar-refractivity contribution is 7.09. The SMILES string of the molecule is Cc1cccc(N(C(=O)c2snc(C(N)=O)c2N)[C@H](C(=O)NC[C@H]2CCCO2)c2ccc(N(C)C)cc2)c1C. The summed E-state index contributed by atoms with van der Waals surface area (Å²) in [5, 5.41) is 3.00. The lowest BCUT2D eigenvalue weighted by Crippen LogP contribution is -2.46. The van der Waals surface area contributed by atoms with Gasteiger partial charge in [-0.2, -0.15) is 4.37 Å². The third kappa shape index (κ3) is 5.89. The van der Waals surface area contributed by atoms with Gasteiger partial charge >= 0.3 is 0 Å². The van der Waals surface area contributed by atoms with Gasteiger partial charge in [0.15, 0.2) is 5.69 Å². The molecule has 1 aliphatic rings. The van der Waals surface area contributed by atoms with Gasteiger partial charge < -0.3 is 26.4 Å². The van der Waals surface area contributed by atoms with Crippen molar-refractivity contribution in [1.82, 2.24) is 9.69 Å². The molecular weight excluding hydrogens is 516 g/mol. The number of carbonyl (C=O) groups is 3. The van der Waals surface area contributed by atoms with Gasteiger partial charge in [0, 0.05) is 38.6 Å². The van der Waals surface area contributed by atoms with Crippen LogP contribution in [0.5, 0.6) is 0 Å². The van der Waals surface area contributed by atoms with E-state index in [4.69, 9.17) is 16.2 Å². The van der Waals surface area contributed by atoms with Gasteiger partial charge in [-0.05, 0) is 73.1 Å². The summed E-state index contributed by atoms with van der Waals surface area (Å²) in [6.07, 6.45) is 1.72. The van der Waals surface area contributed by atoms with Gasteiger partial charge in [0.2, 0.25) is 5.91 Å². The van der Waals surface area contributed by atoms with Gasteiger partial charge in [-0.25, -0.2) is 0 Å². The number of hydrogen-bond donors (Lipinski definition) is 3. The summed E-state index contributed by atoms with van der Waals surface area (Å²) in [5.74, 6) is -1.75. The van der Waals surface area contributed by atoms with Crippen LogP contribution in [0.15, 0.2) is 42.5 Å². The molecule has 0 unspecified atom stereocenters. The van der Waals surface area contributed by atoms with Crippen molar-refractivity contribution >= 4 is 46.3 Å². The van der Waals surface area contributed by atoms with Crippen LogP contribution in [0.3, 0.4) is 0 Å². The molecule has 0 spiro atoms. The minimum atomic E-state index is -1.05. The van der Waals surface area contributed by atoms with E-state index < -0.39 is 17.9 Å². The Balaban J connectivity index is 1.86. The Hall–Kier alpha value is -3.96. The number of amides is 3. The number of nitrogens with one attached hydrogen (secondary N) is 1. The monoisotopic (exact) mass is 550 g/mol. The Morgan fingerprint density at radius 2 is 1.87 bits per heavy atom. The number of nitrogen functional groups attached to an aromatic ring is 1. The summed E-state index contributed by atoms with van der Waals surface area (Å²) in [5.41, 5.74) is 15.2. The van der Waals surface area contributed by atoms with E-state index in [1.165, 1.54) is 4.90 Å². The minimum Gasteiger partial charge on any atom is -0.395 e. The van der Waals surface area contributed by atoms with E-state index >= 15 is 0 Å². The average molecular weight is 551 g/mol. The quantitative estimate of drug-likeness (QED) is 0.371. The number of anilines is 3. The third-order valence-corrected chi connectivity index (χ3v) is 7.82. The summed E-state index contributed by atoms with van der Waals surface area (Å²) in [7, 11) is 3.85. The number of aryl methyl sites for hydroxylation is 1. The number of benzene rings is 2. The molecule has 0 aliphatic carbocycles. The predicted molar refractivity (Wildman–Crippen MR) is 153 cm³/mol. The Morgan fingerprint density at radius 3 is 2.46 bits per heavy atom. The number of primary amides is 1. The van der Waals surface area contributed by atoms with Crippen molar-refractivity contribution in [3.8, 4) is 0 Å². The Kier molecular flexibility index (Phi) is 8.51. The van der Waals surface area contributed by atoms with E-state index in [0.717, 1.165) is 41.2 Å². The first-order valence-corrected chi connectivity index (χ1v) is 13.5. The molecule has 3 aromatic rings. The maximum atomic E-state index is 14.3. The molecular formula is C28H34N6O4S. The number of ether oxygens (including phenoxy) is 1. The van der Waals surface area contributed by atoms with Crippen molar-refractivity contribution in [2.45, 2.75) is 38.8 Å². The van der Waals surface area contributed by atoms with Crippen molar-refractivity contribution in [3.05, 3.63) is 69.7 Å². The molecule has 2 aromatic carbocycles. The Labute approximate surface area is 232 Å². The lowest BCUT2D eigenvalue weighted by molar-refractivity contribution is -0.123. The molecule has 2 atom stereocenters. The molecule has 4 rings (SSSR count). The molecule has 39 heavy (non-hydrogen) atoms. The van der Waals surface area contributed by atoms with Gasteiger partial charge in [-0.3, -0.25) is 19.3 Å². The molecule has 5 N–H and O–H groups in total. The summed E-state index contributed by atoms with van der Waals surface area (Å²) in [4.78, 5) is 43.5. The number of nitrogens with two attached hydrogens (primary N) is 2. The molecule has 1 saturated heterocycles. The minimum absolute atomic E-state index is 0.0338. The van der Waals surface area contributed by atoms with Crippen LogP contribution in [0.1, 0.15) is 55.7 Å². The molecule has 0 saturated carbocycles. The first kappa shape index (κ1) is 28.1. The highest BCUT2D eigenvalue weighted by Gasteiger charge is 2.37. The van der Waals surface area contributed by atoms with Crippen molar-refractivity contribution in [2.75, 3.05) is 42.8 Å². The normalized spacial score (nSPS) is 15.5. The largest absolute Gasteiger partial charge is 0.395 e. The maximum Gasteiger partial charge on any atom is 0.273 e. The lowest BCUT2D eigenvalue weighted by atomic mass is 9.99. The van der Waals surface area contributed by atoms with Gasteiger partial charge in [-0.15, -0.1) is 0 Å². The first-order chi connectivity index (χ1) is 18.6. The smallest absolute Gasteiger partial charge is 0.273 e. The van der Waals surface area contributed by atoms with E-state index in [0.29, 0.717) is 24.4 Å². The van der Waals surface area contributed by atoms with E-state index in [9.17, 15) is 14.4 Å². The summed E-state index contributed by atoms with van der Waals surface area (Å²) in [6, 6.07) is 12.0. The highest BCUT2D eigenvalue weighted by atomic mass is 32.1. The van der Waals surface area contributed by atoms with Crippen LogP contribution < -0.4 is 26.6 Å². The zero-order valence-corrected chi connectivity index (χ0v) is 23.4. The van der Waals surface area contributed by atoms with Crippen molar-refractivity contribution in [2.24, 2.45) is 5.73 Å². The Bertz CT molecular complexity index is 1360. The number of carbonyl (C=O) groups excluding carboxylic acids is 3. The van der Waals surface area contributed by atoms with Crippen LogP contribution >= 0.6 is 11.5 Å². The Morgan fingerprint density at radius 1 is 1.15 bits per heavy atom. The summed E-state index contributed by atoms with van der Waals surface area (Å²) < 4.78 is 9.72. The van der Waals surface area contributed by atoms with Gasteiger partial charge in [0.05, 0.1) is 11.8 Å². The predicted octanol–water partition coefficient (Wildman–Crippen LogP) is 3.19. The number of rotatable bonds is 9. The number of aromatic nitrogens is 1. The van der Waals surface area contributed by atoms with Gasteiger partial charge in [-0.1, -0.05) is 24.3 Å². The van der Waals surface area contributed by atoms with Crippen LogP contribution in [-0.2, 0) is 9.53 Å². The molecule has 10 nitrogen and oxygen atoms in total. The summed E-state index contributed by atoms with van der Waals surface area (Å²) >= 11 is 0.785. The second kappa shape index (κ2) is 11.8. The van der Waals surface area contributed by atoms with Crippen molar-refractivity contribution in [3.63, 3.8) is 0 Å². The average Bonchev–Trinajstić information content (AvgIpc) is 3.57. The second-order valence-corrected chi connectivity index (χ2v) is 10.6. The zero-order chi connectivity index (χ0) is 28.3. The molecule has 11 heteroatoms. The maximum absolute atomic E-state index is 14.3. The van der Waals surface area contributed by atoms with Crippen LogP contribution in [0.25, 0.3) is 0 Å². The number of nitrogens with zero attached hydrogens (tertiary/aromatic N) is 3. The second-order valence-electron chi connectivity index (χ2n) is 9.80. The fourth-order valence-electron chi connectivity index (χ4n) is 4.59. The van der Waals surface area contributed by atoms with E-state index in [2.05, 4.69) is 9.69 Å². The summed E-state index contributed by atoms with van der Waals surface area (Å²) in [6.45, 7) is 4.82. The van der Waals surface area contributed by atoms with Crippen LogP contribution in [0.4, 0.5) is 17.1 Å². The zero-order valence-electron chi connectivity index (χ0n) is 22.6. The molecule has 1 aliphatic heterocycles. The fourth-order valence-corrected chi connectivity index (χ4v) is 5.33. The topological polar surface area (TPSA) is 144 Å². The first-order valence-electron chi connectivity index (χ1n) is 12.7. The number of hydrogen-bond acceptors (Lipinski definition) is 8. The van der Waals surface area contributed by atoms with Gasteiger partial charge in [0.1, 0.15) is 10.9 Å². The van der Waals surface area contributed by atoms with Crippen LogP contribution in [0, 0.1) is 13.8 Å². The molecule has 1 aromatic heterocycles. The molecule has 1 fully saturated rings. The molecule has 2 heterocycles. The van der Waals surface area contributed by atoms with E-state index in [-0.39, 0.29) is 28.3 Å². The lowest BCUT2D eigenvalue weighted by Gasteiger charge is -2.33. The van der Waals surface area contributed by atoms with Crippen molar-refractivity contribution < 1.29 is 19.1 Å². The van der Waals surface area contributed by atoms with Gasteiger partial charge in [0.25, 0.3) is 11.8 Å². The van der Waals surface area contributed by atoms with Crippen molar-refractivity contribution in [1.29, 1.82) is 0 Å². The van der Waals surface area contributed by atoms with Crippen LogP contribution in [0.2, 0.25) is 0 Å². The molecule has 206 valence electrons.